The van der Waals surface area contributed by atoms with E-state index < -0.39 is 5.97 Å². The number of hydrogen-bond donors (Lipinski definition) is 1. The van der Waals surface area contributed by atoms with Crippen LogP contribution in [0.5, 0.6) is 0 Å². The average Bonchev–Trinajstić information content (AvgIpc) is 2.16. The van der Waals surface area contributed by atoms with Crippen molar-refractivity contribution in [3.05, 3.63) is 23.9 Å². The first-order valence-electron chi connectivity index (χ1n) is 5.28. The van der Waals surface area contributed by atoms with Crippen molar-refractivity contribution in [3.63, 3.8) is 0 Å². The molecule has 86 valence electrons. The van der Waals surface area contributed by atoms with Gasteiger partial charge >= 0.3 is 5.97 Å². The molecule has 0 unspecified atom stereocenters. The largest absolute Gasteiger partial charge is 0.478 e. The average molecular weight is 211 g/mol. The van der Waals surface area contributed by atoms with Gasteiger partial charge in [0.2, 0.25) is 0 Å². The fourth-order valence-electron chi connectivity index (χ4n) is 1.50. The number of carboxylic acids is 1. The summed E-state index contributed by atoms with van der Waals surface area (Å²) in [4.78, 5) is 13.0. The zero-order valence-electron chi connectivity index (χ0n) is 9.92. The van der Waals surface area contributed by atoms with Crippen LogP contribution in [0.3, 0.4) is 0 Å². The molecule has 0 spiro atoms. The summed E-state index contributed by atoms with van der Waals surface area (Å²) in [6.07, 6.45) is 4.79. The minimum atomic E-state index is -0.811. The van der Waals surface area contributed by atoms with Crippen LogP contribution >= 0.6 is 0 Å². The fraction of sp³-hybridized carbons (Fsp3) is 0.583. The Morgan fingerprint density at radius 1 is 1.40 bits per heavy atom. The molecule has 0 atom stereocenters. The van der Waals surface area contributed by atoms with Gasteiger partial charge in [-0.25, -0.2) is 4.79 Å². The quantitative estimate of drug-likeness (QED) is 0.520. The van der Waals surface area contributed by atoms with Gasteiger partial charge in [-0.2, -0.15) is 0 Å². The number of aliphatic carboxylic acids is 1. The Labute approximate surface area is 92.1 Å². The van der Waals surface area contributed by atoms with Crippen LogP contribution < -0.4 is 0 Å². The second-order valence-electron chi connectivity index (χ2n) is 3.70. The van der Waals surface area contributed by atoms with Crippen molar-refractivity contribution in [1.82, 2.24) is 4.90 Å². The summed E-state index contributed by atoms with van der Waals surface area (Å²) >= 11 is 0. The molecule has 0 aliphatic rings. The van der Waals surface area contributed by atoms with E-state index in [1.54, 1.807) is 6.08 Å². The summed E-state index contributed by atoms with van der Waals surface area (Å²) in [7, 11) is 3.78. The minimum absolute atomic E-state index is 0.516. The Kier molecular flexibility index (Phi) is 6.50. The maximum atomic E-state index is 11.1. The van der Waals surface area contributed by atoms with Gasteiger partial charge in [-0.3, -0.25) is 0 Å². The third-order valence-electron chi connectivity index (χ3n) is 2.23. The highest BCUT2D eigenvalue weighted by Crippen LogP contribution is 2.18. The molecule has 0 heterocycles. The van der Waals surface area contributed by atoms with E-state index in [2.05, 4.69) is 13.5 Å². The lowest BCUT2D eigenvalue weighted by Crippen LogP contribution is -2.17. The van der Waals surface area contributed by atoms with Crippen LogP contribution in [0, 0.1) is 0 Å². The minimum Gasteiger partial charge on any atom is -0.478 e. The molecule has 0 bridgehead atoms. The van der Waals surface area contributed by atoms with Gasteiger partial charge in [0.05, 0.1) is 5.57 Å². The summed E-state index contributed by atoms with van der Waals surface area (Å²) in [5, 5.41) is 9.13. The second-order valence-corrected chi connectivity index (χ2v) is 3.70. The molecular formula is C12H21NO2. The fourth-order valence-corrected chi connectivity index (χ4v) is 1.50. The van der Waals surface area contributed by atoms with E-state index in [0.717, 1.165) is 18.5 Å². The highest BCUT2D eigenvalue weighted by molar-refractivity contribution is 5.87. The van der Waals surface area contributed by atoms with Crippen LogP contribution in [0.2, 0.25) is 0 Å². The molecule has 0 fully saturated rings. The van der Waals surface area contributed by atoms with Gasteiger partial charge < -0.3 is 10.0 Å². The van der Waals surface area contributed by atoms with Gasteiger partial charge in [0.1, 0.15) is 0 Å². The van der Waals surface area contributed by atoms with Gasteiger partial charge in [-0.1, -0.05) is 19.4 Å². The van der Waals surface area contributed by atoms with Gasteiger partial charge in [0.25, 0.3) is 0 Å². The zero-order chi connectivity index (χ0) is 11.8. The molecule has 0 aromatic heterocycles. The van der Waals surface area contributed by atoms with Gasteiger partial charge in [-0.15, -0.1) is 6.58 Å². The number of hydrogen-bond acceptors (Lipinski definition) is 2. The second kappa shape index (κ2) is 7.10. The van der Waals surface area contributed by atoms with Crippen LogP contribution in [0.4, 0.5) is 0 Å². The summed E-state index contributed by atoms with van der Waals surface area (Å²) in [5.74, 6) is -0.811. The normalized spacial score (nSPS) is 11.9. The molecule has 0 aliphatic heterocycles. The number of nitrogens with zero attached hydrogens (tertiary/aromatic N) is 1. The Bertz CT molecular complexity index is 254. The van der Waals surface area contributed by atoms with Gasteiger partial charge in [0.15, 0.2) is 0 Å². The SMILES string of the molecule is C=CCCC(C(=O)O)=C(CCC)N(C)C. The Morgan fingerprint density at radius 2 is 2.00 bits per heavy atom. The van der Waals surface area contributed by atoms with Crippen molar-refractivity contribution in [1.29, 1.82) is 0 Å². The number of carboxylic acid groups (broad SMARTS) is 1. The van der Waals surface area contributed by atoms with E-state index in [9.17, 15) is 4.79 Å². The molecule has 0 aromatic carbocycles. The van der Waals surface area contributed by atoms with Crippen molar-refractivity contribution < 1.29 is 9.90 Å². The first-order chi connectivity index (χ1) is 7.04. The predicted molar refractivity (Wildman–Crippen MR) is 62.7 cm³/mol. The van der Waals surface area contributed by atoms with E-state index in [4.69, 9.17) is 5.11 Å². The summed E-state index contributed by atoms with van der Waals surface area (Å²) in [5.41, 5.74) is 1.44. The molecule has 0 rings (SSSR count). The van der Waals surface area contributed by atoms with E-state index >= 15 is 0 Å². The first-order valence-corrected chi connectivity index (χ1v) is 5.28. The van der Waals surface area contributed by atoms with Crippen molar-refractivity contribution in [3.8, 4) is 0 Å². The number of rotatable bonds is 7. The van der Waals surface area contributed by atoms with Crippen molar-refractivity contribution >= 4 is 5.97 Å². The van der Waals surface area contributed by atoms with Crippen LogP contribution in [0.25, 0.3) is 0 Å². The standard InChI is InChI=1S/C12H21NO2/c1-5-7-9-10(12(14)15)11(8-6-2)13(3)4/h5H,1,6-9H2,2-4H3,(H,14,15). The van der Waals surface area contributed by atoms with Crippen molar-refractivity contribution in [2.75, 3.05) is 14.1 Å². The lowest BCUT2D eigenvalue weighted by Gasteiger charge is -2.20. The van der Waals surface area contributed by atoms with E-state index in [0.29, 0.717) is 18.4 Å². The zero-order valence-corrected chi connectivity index (χ0v) is 9.92. The number of allylic oxidation sites excluding steroid dienone is 2. The molecule has 0 aliphatic carbocycles. The van der Waals surface area contributed by atoms with Crippen LogP contribution in [-0.4, -0.2) is 30.1 Å². The molecular weight excluding hydrogens is 190 g/mol. The Hall–Kier alpha value is -1.25. The molecule has 3 heteroatoms. The smallest absolute Gasteiger partial charge is 0.333 e. The molecule has 0 aromatic rings. The third-order valence-corrected chi connectivity index (χ3v) is 2.23. The Balaban J connectivity index is 4.95. The highest BCUT2D eigenvalue weighted by Gasteiger charge is 2.14. The van der Waals surface area contributed by atoms with Crippen molar-refractivity contribution in [2.24, 2.45) is 0 Å². The van der Waals surface area contributed by atoms with Crippen LogP contribution in [-0.2, 0) is 4.79 Å². The molecule has 0 radical (unpaired) electrons. The van der Waals surface area contributed by atoms with Crippen LogP contribution in [0.1, 0.15) is 32.6 Å². The summed E-state index contributed by atoms with van der Waals surface area (Å²) in [6, 6.07) is 0. The lowest BCUT2D eigenvalue weighted by atomic mass is 10.0. The topological polar surface area (TPSA) is 40.5 Å². The third kappa shape index (κ3) is 4.68. The van der Waals surface area contributed by atoms with E-state index in [1.165, 1.54) is 0 Å². The summed E-state index contributed by atoms with van der Waals surface area (Å²) in [6.45, 7) is 5.67. The van der Waals surface area contributed by atoms with E-state index in [1.807, 2.05) is 19.0 Å². The molecule has 15 heavy (non-hydrogen) atoms. The van der Waals surface area contributed by atoms with Gasteiger partial charge in [0, 0.05) is 19.8 Å². The molecule has 0 saturated heterocycles. The molecule has 0 saturated carbocycles. The predicted octanol–water partition coefficient (Wildman–Crippen LogP) is 2.65. The van der Waals surface area contributed by atoms with E-state index in [-0.39, 0.29) is 0 Å². The summed E-state index contributed by atoms with van der Waals surface area (Å²) < 4.78 is 0. The maximum Gasteiger partial charge on any atom is 0.333 e. The lowest BCUT2D eigenvalue weighted by molar-refractivity contribution is -0.133. The number of carbonyl (C=O) groups is 1. The Morgan fingerprint density at radius 3 is 2.33 bits per heavy atom. The molecule has 1 N–H and O–H groups in total. The monoisotopic (exact) mass is 211 g/mol. The molecule has 3 nitrogen and oxygen atoms in total. The first kappa shape index (κ1) is 13.8. The highest BCUT2D eigenvalue weighted by atomic mass is 16.4. The van der Waals surface area contributed by atoms with Crippen LogP contribution in [0.15, 0.2) is 23.9 Å². The maximum absolute atomic E-state index is 11.1. The van der Waals surface area contributed by atoms with Gasteiger partial charge in [-0.05, 0) is 19.3 Å². The van der Waals surface area contributed by atoms with Crippen molar-refractivity contribution in [2.45, 2.75) is 32.6 Å². The molecule has 0 amide bonds.